The first-order valence-corrected chi connectivity index (χ1v) is 4.72. The monoisotopic (exact) mass is 206 g/mol. The maximum Gasteiger partial charge on any atom is 0.145 e. The molecule has 0 aromatic heterocycles. The van der Waals surface area contributed by atoms with Crippen LogP contribution >= 0.6 is 34.8 Å². The molecule has 0 fully saturated rings. The molecule has 1 atom stereocenters. The first-order valence-electron chi connectivity index (χ1n) is 2.59. The molecule has 0 aliphatic carbocycles. The molecule has 0 N–H and O–H groups in total. The Morgan fingerprint density at radius 2 is 1.89 bits per heavy atom. The van der Waals surface area contributed by atoms with Crippen LogP contribution < -0.4 is 0 Å². The molecule has 5 heteroatoms. The van der Waals surface area contributed by atoms with E-state index in [2.05, 4.69) is 0 Å². The van der Waals surface area contributed by atoms with Crippen LogP contribution in [0.4, 0.5) is 0 Å². The zero-order valence-corrected chi connectivity index (χ0v) is 9.38. The van der Waals surface area contributed by atoms with E-state index in [9.17, 15) is 0 Å². The Morgan fingerprint density at radius 1 is 1.33 bits per heavy atom. The van der Waals surface area contributed by atoms with E-state index in [4.69, 9.17) is 39.2 Å². The van der Waals surface area contributed by atoms with Crippen LogP contribution in [0.5, 0.6) is 0 Å². The zero-order valence-electron chi connectivity index (χ0n) is 5.11. The first kappa shape index (κ1) is 10.0. The summed E-state index contributed by atoms with van der Waals surface area (Å²) in [5, 5.41) is -0.178. The van der Waals surface area contributed by atoms with Gasteiger partial charge in [-0.25, -0.2) is 0 Å². The minimum atomic E-state index is -0.483. The maximum atomic E-state index is 5.67. The largest absolute Gasteiger partial charge is 0.428 e. The molecule has 9 heavy (non-hydrogen) atoms. The van der Waals surface area contributed by atoms with Gasteiger partial charge in [-0.15, -0.1) is 34.8 Å². The van der Waals surface area contributed by atoms with Crippen molar-refractivity contribution in [1.82, 2.24) is 0 Å². The zero-order chi connectivity index (χ0) is 7.28. The molecule has 0 rings (SSSR count). The summed E-state index contributed by atoms with van der Waals surface area (Å²) in [6.07, 6.45) is 0.725. The summed E-state index contributed by atoms with van der Waals surface area (Å²) in [4.78, 5) is -0.483. The van der Waals surface area contributed by atoms with E-state index in [1.165, 1.54) is 0 Å². The molecule has 0 aromatic rings. The van der Waals surface area contributed by atoms with E-state index in [-0.39, 0.29) is 5.38 Å². The van der Waals surface area contributed by atoms with Crippen LogP contribution in [0.25, 0.3) is 0 Å². The summed E-state index contributed by atoms with van der Waals surface area (Å²) in [7, 11) is 0.746. The van der Waals surface area contributed by atoms with E-state index in [0.717, 1.165) is 16.9 Å². The van der Waals surface area contributed by atoms with Gasteiger partial charge in [0.2, 0.25) is 0 Å². The molecule has 0 aliphatic heterocycles. The van der Waals surface area contributed by atoms with Crippen molar-refractivity contribution in [2.45, 2.75) is 16.6 Å². The molecule has 0 radical (unpaired) electrons. The van der Waals surface area contributed by atoms with Gasteiger partial charge >= 0.3 is 0 Å². The highest BCUT2D eigenvalue weighted by Crippen LogP contribution is 2.16. The molecule has 0 aliphatic rings. The van der Waals surface area contributed by atoms with Crippen molar-refractivity contribution >= 4 is 45.3 Å². The Labute approximate surface area is 73.2 Å². The molecular weight excluding hydrogens is 198 g/mol. The van der Waals surface area contributed by atoms with Crippen molar-refractivity contribution in [3.05, 3.63) is 0 Å². The summed E-state index contributed by atoms with van der Waals surface area (Å²) in [6.45, 7) is 0.663. The number of alkyl halides is 3. The Kier molecular flexibility index (Phi) is 6.48. The molecule has 0 amide bonds. The van der Waals surface area contributed by atoms with Gasteiger partial charge < -0.3 is 4.43 Å². The lowest BCUT2D eigenvalue weighted by atomic mass is 10.3. The van der Waals surface area contributed by atoms with Crippen molar-refractivity contribution in [2.75, 3.05) is 6.61 Å². The molecule has 0 spiro atoms. The predicted octanol–water partition coefficient (Wildman–Crippen LogP) is 1.08. The molecule has 0 saturated heterocycles. The lowest BCUT2D eigenvalue weighted by Crippen LogP contribution is -2.11. The van der Waals surface area contributed by atoms with Crippen LogP contribution in [0.1, 0.15) is 6.42 Å². The van der Waals surface area contributed by atoms with Crippen LogP contribution in [0.15, 0.2) is 0 Å². The van der Waals surface area contributed by atoms with Crippen molar-refractivity contribution in [3.8, 4) is 0 Å². The second-order valence-corrected chi connectivity index (χ2v) is 3.93. The lowest BCUT2D eigenvalue weighted by Gasteiger charge is -2.07. The SMILES string of the molecule is [SiH3]OCCC(Cl)C(Cl)Cl. The molecule has 0 saturated carbocycles. The fourth-order valence-corrected chi connectivity index (χ4v) is 0.933. The van der Waals surface area contributed by atoms with Gasteiger partial charge in [0.1, 0.15) is 15.3 Å². The summed E-state index contributed by atoms with van der Waals surface area (Å²) < 4.78 is 4.90. The highest BCUT2D eigenvalue weighted by molar-refractivity contribution is 6.48. The second-order valence-electron chi connectivity index (χ2n) is 1.63. The average Bonchev–Trinajstić information content (AvgIpc) is 1.82. The van der Waals surface area contributed by atoms with E-state index in [1.54, 1.807) is 0 Å². The van der Waals surface area contributed by atoms with Gasteiger partial charge in [-0.1, -0.05) is 0 Å². The normalized spacial score (nSPS) is 14.7. The van der Waals surface area contributed by atoms with E-state index in [1.807, 2.05) is 0 Å². The summed E-state index contributed by atoms with van der Waals surface area (Å²) >= 11 is 16.6. The first-order chi connectivity index (χ1) is 4.18. The van der Waals surface area contributed by atoms with Crippen molar-refractivity contribution < 1.29 is 4.43 Å². The third-order valence-electron chi connectivity index (χ3n) is 0.871. The quantitative estimate of drug-likeness (QED) is 0.495. The topological polar surface area (TPSA) is 9.23 Å². The van der Waals surface area contributed by atoms with E-state index < -0.39 is 4.84 Å². The smallest absolute Gasteiger partial charge is 0.145 e. The van der Waals surface area contributed by atoms with Crippen LogP contribution in [-0.4, -0.2) is 27.3 Å². The fraction of sp³-hybridized carbons (Fsp3) is 1.00. The third-order valence-corrected chi connectivity index (χ3v) is 2.62. The number of hydrogen-bond acceptors (Lipinski definition) is 1. The van der Waals surface area contributed by atoms with Gasteiger partial charge in [-0.3, -0.25) is 0 Å². The average molecular weight is 208 g/mol. The molecule has 1 nitrogen and oxygen atoms in total. The number of hydrogen-bond donors (Lipinski definition) is 0. The molecule has 0 aromatic carbocycles. The maximum absolute atomic E-state index is 5.67. The van der Waals surface area contributed by atoms with Crippen molar-refractivity contribution in [3.63, 3.8) is 0 Å². The van der Waals surface area contributed by atoms with E-state index in [0.29, 0.717) is 6.61 Å². The molecule has 0 bridgehead atoms. The Bertz CT molecular complexity index is 70.8. The summed E-state index contributed by atoms with van der Waals surface area (Å²) in [6, 6.07) is 0. The minimum Gasteiger partial charge on any atom is -0.428 e. The van der Waals surface area contributed by atoms with Crippen molar-refractivity contribution in [1.29, 1.82) is 0 Å². The molecular formula is C4H9Cl3OSi. The van der Waals surface area contributed by atoms with Crippen molar-refractivity contribution in [2.24, 2.45) is 0 Å². The lowest BCUT2D eigenvalue weighted by molar-refractivity contribution is 0.340. The van der Waals surface area contributed by atoms with Crippen LogP contribution in [-0.2, 0) is 4.43 Å². The van der Waals surface area contributed by atoms with Gasteiger partial charge in [0, 0.05) is 6.61 Å². The summed E-state index contributed by atoms with van der Waals surface area (Å²) in [5.74, 6) is 0. The van der Waals surface area contributed by atoms with Gasteiger partial charge in [-0.05, 0) is 6.42 Å². The Balaban J connectivity index is 3.16. The highest BCUT2D eigenvalue weighted by Gasteiger charge is 2.11. The third kappa shape index (κ3) is 5.49. The standard InChI is InChI=1S/C4H9Cl3OSi/c5-3(4(6)7)1-2-8-9/h3-4H,1-2H2,9H3. The van der Waals surface area contributed by atoms with Gasteiger partial charge in [-0.2, -0.15) is 0 Å². The number of rotatable bonds is 4. The fourth-order valence-electron chi connectivity index (χ4n) is 0.356. The minimum absolute atomic E-state index is 0.178. The van der Waals surface area contributed by atoms with Gasteiger partial charge in [0.25, 0.3) is 0 Å². The van der Waals surface area contributed by atoms with Crippen LogP contribution in [0, 0.1) is 0 Å². The molecule has 1 unspecified atom stereocenters. The van der Waals surface area contributed by atoms with Crippen LogP contribution in [0.3, 0.4) is 0 Å². The Morgan fingerprint density at radius 3 is 2.22 bits per heavy atom. The van der Waals surface area contributed by atoms with E-state index >= 15 is 0 Å². The predicted molar refractivity (Wildman–Crippen MR) is 45.6 cm³/mol. The van der Waals surface area contributed by atoms with Gasteiger partial charge in [0.15, 0.2) is 0 Å². The molecule has 0 heterocycles. The highest BCUT2D eigenvalue weighted by atomic mass is 35.5. The van der Waals surface area contributed by atoms with Crippen LogP contribution in [0.2, 0.25) is 0 Å². The molecule has 56 valence electrons. The number of halogens is 3. The second kappa shape index (κ2) is 5.80. The Hall–Kier alpha value is 1.05. The van der Waals surface area contributed by atoms with Gasteiger partial charge in [0.05, 0.1) is 5.38 Å². The summed E-state index contributed by atoms with van der Waals surface area (Å²) in [5.41, 5.74) is 0.